The molecule has 0 saturated carbocycles. The normalized spacial score (nSPS) is 10.7. The number of ketones is 1. The summed E-state index contributed by atoms with van der Waals surface area (Å²) in [6.07, 6.45) is 3.97. The van der Waals surface area contributed by atoms with E-state index in [0.29, 0.717) is 11.1 Å². The summed E-state index contributed by atoms with van der Waals surface area (Å²) in [5.74, 6) is 0.0405. The Bertz CT molecular complexity index is 971. The first-order valence-corrected chi connectivity index (χ1v) is 9.03. The van der Waals surface area contributed by atoms with Crippen molar-refractivity contribution in [1.29, 1.82) is 0 Å². The van der Waals surface area contributed by atoms with Gasteiger partial charge >= 0.3 is 0 Å². The van der Waals surface area contributed by atoms with Crippen LogP contribution in [-0.4, -0.2) is 5.78 Å². The fourth-order valence-corrected chi connectivity index (χ4v) is 3.33. The molecule has 2 heteroatoms. The molecule has 4 rings (SSSR count). The molecule has 1 heterocycles. The zero-order chi connectivity index (χ0) is 18.5. The smallest absolute Gasteiger partial charge is 0.208 e. The number of carbonyl (C=O) groups is 1. The van der Waals surface area contributed by atoms with Crippen LogP contribution in [0.1, 0.15) is 33.1 Å². The minimum Gasteiger partial charge on any atom is -0.289 e. The number of aromatic nitrogens is 1. The van der Waals surface area contributed by atoms with Gasteiger partial charge < -0.3 is 0 Å². The monoisotopic (exact) mass is 350 g/mol. The topological polar surface area (TPSA) is 20.9 Å². The van der Waals surface area contributed by atoms with Gasteiger partial charge in [0.15, 0.2) is 18.2 Å². The third-order valence-electron chi connectivity index (χ3n) is 4.68. The summed E-state index contributed by atoms with van der Waals surface area (Å²) < 4.78 is 2.15. The molecule has 0 fully saturated rings. The van der Waals surface area contributed by atoms with Crippen LogP contribution in [0.5, 0.6) is 0 Å². The third-order valence-corrected chi connectivity index (χ3v) is 4.68. The van der Waals surface area contributed by atoms with E-state index < -0.39 is 0 Å². The van der Waals surface area contributed by atoms with E-state index >= 15 is 0 Å². The van der Waals surface area contributed by atoms with Gasteiger partial charge in [0.1, 0.15) is 0 Å². The van der Waals surface area contributed by atoms with Crippen molar-refractivity contribution in [3.8, 4) is 0 Å². The summed E-state index contributed by atoms with van der Waals surface area (Å²) in [5.41, 5.74) is 3.81. The van der Waals surface area contributed by atoms with Gasteiger partial charge in [0.25, 0.3) is 0 Å². The molecule has 130 valence electrons. The third kappa shape index (κ3) is 3.70. The lowest BCUT2D eigenvalue weighted by molar-refractivity contribution is -0.704. The molecule has 0 aliphatic rings. The Balaban J connectivity index is 1.70. The lowest BCUT2D eigenvalue weighted by Gasteiger charge is -2.13. The first kappa shape index (κ1) is 16.9. The Kier molecular flexibility index (Phi) is 4.88. The molecule has 4 aromatic rings. The molecule has 0 saturated heterocycles. The average Bonchev–Trinajstić information content (AvgIpc) is 2.76. The van der Waals surface area contributed by atoms with Gasteiger partial charge in [-0.25, -0.2) is 0 Å². The minimum absolute atomic E-state index is 0.0405. The second-order valence-corrected chi connectivity index (χ2v) is 6.45. The van der Waals surface area contributed by atoms with E-state index in [-0.39, 0.29) is 11.8 Å². The van der Waals surface area contributed by atoms with Crippen molar-refractivity contribution >= 4 is 5.78 Å². The highest BCUT2D eigenvalue weighted by Crippen LogP contribution is 2.21. The fourth-order valence-electron chi connectivity index (χ4n) is 3.33. The zero-order valence-electron chi connectivity index (χ0n) is 14.9. The molecule has 0 spiro atoms. The van der Waals surface area contributed by atoms with Crippen LogP contribution in [-0.2, 0) is 0 Å². The maximum Gasteiger partial charge on any atom is 0.208 e. The summed E-state index contributed by atoms with van der Waals surface area (Å²) in [7, 11) is 0. The van der Waals surface area contributed by atoms with Gasteiger partial charge in [-0.3, -0.25) is 4.79 Å². The first-order valence-electron chi connectivity index (χ1n) is 9.03. The van der Waals surface area contributed by atoms with Gasteiger partial charge in [0, 0.05) is 34.4 Å². The van der Waals surface area contributed by atoms with Crippen LogP contribution in [0.3, 0.4) is 0 Å². The number of benzene rings is 3. The second-order valence-electron chi connectivity index (χ2n) is 6.45. The Labute approximate surface area is 159 Å². The van der Waals surface area contributed by atoms with Gasteiger partial charge in [0.2, 0.25) is 6.04 Å². The predicted molar refractivity (Wildman–Crippen MR) is 107 cm³/mol. The van der Waals surface area contributed by atoms with E-state index in [2.05, 4.69) is 53.1 Å². The standard InChI is InChI=1S/C25H20NO/c27-25(22-14-8-3-9-15-22)23-16-18-26(19-17-23)24(20-10-4-1-5-11-20)21-12-6-2-7-13-21/h1-19,24H/q+1. The quantitative estimate of drug-likeness (QED) is 0.373. The van der Waals surface area contributed by atoms with Crippen molar-refractivity contribution in [2.45, 2.75) is 6.04 Å². The van der Waals surface area contributed by atoms with E-state index in [1.54, 1.807) is 0 Å². The highest BCUT2D eigenvalue weighted by atomic mass is 16.1. The molecule has 1 aromatic heterocycles. The van der Waals surface area contributed by atoms with Crippen LogP contribution < -0.4 is 4.57 Å². The van der Waals surface area contributed by atoms with E-state index in [1.807, 2.05) is 67.0 Å². The van der Waals surface area contributed by atoms with Gasteiger partial charge in [0.05, 0.1) is 0 Å². The summed E-state index contributed by atoms with van der Waals surface area (Å²) in [6.45, 7) is 0. The van der Waals surface area contributed by atoms with Crippen molar-refractivity contribution in [3.63, 3.8) is 0 Å². The number of nitrogens with zero attached hydrogens (tertiary/aromatic N) is 1. The highest BCUT2D eigenvalue weighted by Gasteiger charge is 2.23. The number of hydrogen-bond acceptors (Lipinski definition) is 1. The van der Waals surface area contributed by atoms with Crippen LogP contribution in [0, 0.1) is 0 Å². The van der Waals surface area contributed by atoms with Crippen molar-refractivity contribution < 1.29 is 9.36 Å². The summed E-state index contributed by atoms with van der Waals surface area (Å²) >= 11 is 0. The van der Waals surface area contributed by atoms with Crippen molar-refractivity contribution in [2.24, 2.45) is 0 Å². The maximum atomic E-state index is 12.7. The Morgan fingerprint density at radius 3 is 1.44 bits per heavy atom. The second kappa shape index (κ2) is 7.79. The van der Waals surface area contributed by atoms with Crippen LogP contribution >= 0.6 is 0 Å². The van der Waals surface area contributed by atoms with Gasteiger partial charge in [-0.15, -0.1) is 0 Å². The Morgan fingerprint density at radius 2 is 0.963 bits per heavy atom. The van der Waals surface area contributed by atoms with Gasteiger partial charge in [-0.05, 0) is 0 Å². The molecule has 0 aliphatic carbocycles. The molecule has 3 aromatic carbocycles. The largest absolute Gasteiger partial charge is 0.289 e. The minimum atomic E-state index is 0.0405. The van der Waals surface area contributed by atoms with Crippen LogP contribution in [0.2, 0.25) is 0 Å². The molecular formula is C25H20NO+. The summed E-state index contributed by atoms with van der Waals surface area (Å²) in [5, 5.41) is 0. The van der Waals surface area contributed by atoms with Crippen LogP contribution in [0.25, 0.3) is 0 Å². The van der Waals surface area contributed by atoms with Crippen molar-refractivity contribution in [2.75, 3.05) is 0 Å². The van der Waals surface area contributed by atoms with Gasteiger partial charge in [-0.2, -0.15) is 4.57 Å². The van der Waals surface area contributed by atoms with E-state index in [4.69, 9.17) is 0 Å². The average molecular weight is 350 g/mol. The SMILES string of the molecule is O=C(c1ccccc1)c1cc[n+](C(c2ccccc2)c2ccccc2)cc1. The number of hydrogen-bond donors (Lipinski definition) is 0. The number of carbonyl (C=O) groups excluding carboxylic acids is 1. The molecule has 27 heavy (non-hydrogen) atoms. The lowest BCUT2D eigenvalue weighted by Crippen LogP contribution is -2.40. The molecule has 0 amide bonds. The summed E-state index contributed by atoms with van der Waals surface area (Å²) in [4.78, 5) is 12.7. The number of rotatable bonds is 5. The fraction of sp³-hybridized carbons (Fsp3) is 0.0400. The highest BCUT2D eigenvalue weighted by molar-refractivity contribution is 6.08. The first-order chi connectivity index (χ1) is 13.3. The molecule has 0 bridgehead atoms. The maximum absolute atomic E-state index is 12.7. The zero-order valence-corrected chi connectivity index (χ0v) is 14.9. The van der Waals surface area contributed by atoms with Crippen LogP contribution in [0.4, 0.5) is 0 Å². The van der Waals surface area contributed by atoms with Crippen molar-refractivity contribution in [1.82, 2.24) is 0 Å². The summed E-state index contributed by atoms with van der Waals surface area (Å²) in [6, 6.07) is 34.0. The van der Waals surface area contributed by atoms with E-state index in [0.717, 1.165) is 0 Å². The predicted octanol–water partition coefficient (Wildman–Crippen LogP) is 4.84. The van der Waals surface area contributed by atoms with E-state index in [1.165, 1.54) is 11.1 Å². The lowest BCUT2D eigenvalue weighted by atomic mass is 9.98. The Hall–Kier alpha value is -3.52. The molecule has 0 radical (unpaired) electrons. The Morgan fingerprint density at radius 1 is 0.556 bits per heavy atom. The molecule has 0 N–H and O–H groups in total. The number of pyridine rings is 1. The van der Waals surface area contributed by atoms with Gasteiger partial charge in [-0.1, -0.05) is 91.0 Å². The van der Waals surface area contributed by atoms with Crippen molar-refractivity contribution in [3.05, 3.63) is 138 Å². The molecular weight excluding hydrogens is 330 g/mol. The molecule has 2 nitrogen and oxygen atoms in total. The molecule has 0 aliphatic heterocycles. The van der Waals surface area contributed by atoms with Crippen LogP contribution in [0.15, 0.2) is 116 Å². The molecule has 0 unspecified atom stereocenters. The van der Waals surface area contributed by atoms with E-state index in [9.17, 15) is 4.79 Å². The molecule has 0 atom stereocenters.